The summed E-state index contributed by atoms with van der Waals surface area (Å²) in [7, 11) is 20.5. The van der Waals surface area contributed by atoms with Gasteiger partial charge in [-0.15, -0.1) is 0 Å². The van der Waals surface area contributed by atoms with Gasteiger partial charge in [-0.25, -0.2) is 0 Å². The number of methoxy groups -OCH3 is 4. The van der Waals surface area contributed by atoms with Crippen molar-refractivity contribution >= 4 is 0 Å². The van der Waals surface area contributed by atoms with Gasteiger partial charge in [0.1, 0.15) is 23.0 Å². The monoisotopic (exact) mass is 758 g/mol. The maximum absolute atomic E-state index is 12.6. The number of aryl methyl sites for hydroxylation is 2. The topological polar surface area (TPSA) is 103 Å². The van der Waals surface area contributed by atoms with Crippen LogP contribution in [0.2, 0.25) is 0 Å². The lowest BCUT2D eigenvalue weighted by atomic mass is 9.92. The molecule has 4 aromatic rings. The molecule has 4 heterocycles. The Morgan fingerprint density at radius 1 is 0.618 bits per heavy atom. The normalized spacial score (nSPS) is 13.6. The van der Waals surface area contributed by atoms with Crippen LogP contribution in [0.5, 0.6) is 23.0 Å². The van der Waals surface area contributed by atoms with Gasteiger partial charge >= 0.3 is 0 Å². The Hall–Kier alpha value is -4.62. The first-order chi connectivity index (χ1) is 26.3. The summed E-state index contributed by atoms with van der Waals surface area (Å²) >= 11 is 0. The minimum absolute atomic E-state index is 0.0686. The van der Waals surface area contributed by atoms with E-state index in [9.17, 15) is 9.59 Å². The second-order valence-corrected chi connectivity index (χ2v) is 14.4. The molecule has 12 nitrogen and oxygen atoms in total. The number of benzene rings is 2. The Balaban J connectivity index is 0.000000234. The third-order valence-electron chi connectivity index (χ3n) is 9.99. The number of nitrogens with one attached hydrogen (secondary N) is 1. The van der Waals surface area contributed by atoms with Crippen LogP contribution in [0.3, 0.4) is 0 Å². The standard InChI is InChI=1S/C21H29N3O3.C20H27N3O3.C2H6/c1-22(2)11-18-19(26-5)9-14(10-20(18)27-6)16-13-24(4)21(25)17-12-23(3)8-7-15(16)17;1-22(2)11-17-18(25-4)8-13(9-19(17)26-5)16-12-23(3)20(24)15-10-21-7-6-14(15)16;1-2/h9-10,13H,7-8,11-12H2,1-6H3;8-9,12,21H,6-7,10-11H2,1-5H3;1-2H3. The third kappa shape index (κ3) is 9.61. The molecule has 0 bridgehead atoms. The van der Waals surface area contributed by atoms with Gasteiger partial charge in [-0.1, -0.05) is 13.8 Å². The Morgan fingerprint density at radius 3 is 1.42 bits per heavy atom. The minimum Gasteiger partial charge on any atom is -0.496 e. The fourth-order valence-corrected chi connectivity index (χ4v) is 7.39. The minimum atomic E-state index is 0.0686. The van der Waals surface area contributed by atoms with Crippen molar-refractivity contribution in [2.24, 2.45) is 14.1 Å². The summed E-state index contributed by atoms with van der Waals surface area (Å²) in [5, 5.41) is 3.30. The zero-order valence-electron chi connectivity index (χ0n) is 35.3. The highest BCUT2D eigenvalue weighted by molar-refractivity contribution is 5.74. The van der Waals surface area contributed by atoms with Crippen molar-refractivity contribution in [3.8, 4) is 45.3 Å². The van der Waals surface area contributed by atoms with E-state index in [0.29, 0.717) is 13.1 Å². The summed E-state index contributed by atoms with van der Waals surface area (Å²) < 4.78 is 26.0. The summed E-state index contributed by atoms with van der Waals surface area (Å²) in [5.41, 5.74) is 10.4. The molecular weight excluding hydrogens is 697 g/mol. The number of nitrogens with zero attached hydrogens (tertiary/aromatic N) is 5. The van der Waals surface area contributed by atoms with Gasteiger partial charge in [0.2, 0.25) is 0 Å². The van der Waals surface area contributed by atoms with Crippen LogP contribution >= 0.6 is 0 Å². The summed E-state index contributed by atoms with van der Waals surface area (Å²) in [4.78, 5) is 31.5. The van der Waals surface area contributed by atoms with Gasteiger partial charge in [0.25, 0.3) is 11.1 Å². The van der Waals surface area contributed by atoms with E-state index in [-0.39, 0.29) is 11.1 Å². The van der Waals surface area contributed by atoms with E-state index >= 15 is 0 Å². The highest BCUT2D eigenvalue weighted by Gasteiger charge is 2.24. The van der Waals surface area contributed by atoms with Crippen molar-refractivity contribution in [2.75, 3.05) is 76.8 Å². The Labute approximate surface area is 327 Å². The highest BCUT2D eigenvalue weighted by atomic mass is 16.5. The highest BCUT2D eigenvalue weighted by Crippen LogP contribution is 2.39. The van der Waals surface area contributed by atoms with Crippen LogP contribution in [0.25, 0.3) is 22.3 Å². The molecule has 2 aliphatic rings. The second-order valence-electron chi connectivity index (χ2n) is 14.4. The predicted molar refractivity (Wildman–Crippen MR) is 222 cm³/mol. The van der Waals surface area contributed by atoms with Crippen LogP contribution in [0.15, 0.2) is 46.2 Å². The van der Waals surface area contributed by atoms with E-state index in [2.05, 4.69) is 39.2 Å². The summed E-state index contributed by atoms with van der Waals surface area (Å²) in [6.45, 7) is 8.57. The van der Waals surface area contributed by atoms with Crippen LogP contribution in [0, 0.1) is 0 Å². The molecule has 0 fully saturated rings. The lowest BCUT2D eigenvalue weighted by molar-refractivity contribution is 0.310. The molecule has 2 aromatic heterocycles. The largest absolute Gasteiger partial charge is 0.496 e. The third-order valence-corrected chi connectivity index (χ3v) is 9.99. The lowest BCUT2D eigenvalue weighted by Gasteiger charge is -2.27. The van der Waals surface area contributed by atoms with E-state index in [1.165, 1.54) is 0 Å². The number of hydrogen-bond acceptors (Lipinski definition) is 10. The quantitative estimate of drug-likeness (QED) is 0.240. The van der Waals surface area contributed by atoms with Gasteiger partial charge in [-0.2, -0.15) is 0 Å². The first-order valence-corrected chi connectivity index (χ1v) is 18.9. The predicted octanol–water partition coefficient (Wildman–Crippen LogP) is 4.92. The summed E-state index contributed by atoms with van der Waals surface area (Å²) in [6.07, 6.45) is 5.56. The maximum atomic E-state index is 12.6. The zero-order valence-corrected chi connectivity index (χ0v) is 35.3. The van der Waals surface area contributed by atoms with Gasteiger partial charge in [0.05, 0.1) is 39.6 Å². The zero-order chi connectivity index (χ0) is 40.6. The molecule has 0 saturated heterocycles. The molecule has 0 saturated carbocycles. The molecule has 0 spiro atoms. The lowest BCUT2D eigenvalue weighted by Crippen LogP contribution is -2.34. The molecule has 300 valence electrons. The van der Waals surface area contributed by atoms with Crippen molar-refractivity contribution < 1.29 is 18.9 Å². The number of ether oxygens (including phenoxy) is 4. The second kappa shape index (κ2) is 19.3. The maximum Gasteiger partial charge on any atom is 0.255 e. The smallest absolute Gasteiger partial charge is 0.255 e. The Morgan fingerprint density at radius 2 is 1.02 bits per heavy atom. The van der Waals surface area contributed by atoms with E-state index < -0.39 is 0 Å². The van der Waals surface area contributed by atoms with Crippen molar-refractivity contribution in [2.45, 2.75) is 52.9 Å². The number of aromatic nitrogens is 2. The number of fused-ring (bicyclic) bond motifs is 2. The molecule has 2 aromatic carbocycles. The van der Waals surface area contributed by atoms with Crippen LogP contribution in [-0.4, -0.2) is 101 Å². The molecule has 2 aliphatic heterocycles. The summed E-state index contributed by atoms with van der Waals surface area (Å²) in [5.74, 6) is 3.19. The van der Waals surface area contributed by atoms with E-state index in [1.807, 2.05) is 73.6 Å². The fourth-order valence-electron chi connectivity index (χ4n) is 7.39. The average molecular weight is 759 g/mol. The molecule has 0 radical (unpaired) electrons. The molecule has 55 heavy (non-hydrogen) atoms. The average Bonchev–Trinajstić information content (AvgIpc) is 3.18. The number of rotatable bonds is 10. The molecule has 1 N–H and O–H groups in total. The van der Waals surface area contributed by atoms with Crippen LogP contribution in [0.4, 0.5) is 0 Å². The van der Waals surface area contributed by atoms with E-state index in [4.69, 9.17) is 18.9 Å². The van der Waals surface area contributed by atoms with Gasteiger partial charge < -0.3 is 48.1 Å². The van der Waals surface area contributed by atoms with Gasteiger partial charge in [0.15, 0.2) is 0 Å². The van der Waals surface area contributed by atoms with E-state index in [1.54, 1.807) is 44.6 Å². The van der Waals surface area contributed by atoms with Crippen molar-refractivity contribution in [3.05, 3.63) is 90.7 Å². The van der Waals surface area contributed by atoms with Crippen LogP contribution in [0.1, 0.15) is 47.2 Å². The number of hydrogen-bond donors (Lipinski definition) is 1. The Kier molecular flexibility index (Phi) is 15.1. The summed E-state index contributed by atoms with van der Waals surface area (Å²) in [6, 6.07) is 8.20. The first kappa shape index (κ1) is 43.1. The molecule has 6 rings (SSSR count). The van der Waals surface area contributed by atoms with Crippen molar-refractivity contribution in [1.29, 1.82) is 0 Å². The number of pyridine rings is 2. The molecule has 0 amide bonds. The fraction of sp³-hybridized carbons (Fsp3) is 0.488. The van der Waals surface area contributed by atoms with Crippen molar-refractivity contribution in [3.63, 3.8) is 0 Å². The Bertz CT molecular complexity index is 2020. The molecule has 0 atom stereocenters. The van der Waals surface area contributed by atoms with E-state index in [0.717, 1.165) is 118 Å². The van der Waals surface area contributed by atoms with Crippen LogP contribution < -0.4 is 35.4 Å². The van der Waals surface area contributed by atoms with Crippen molar-refractivity contribution in [1.82, 2.24) is 29.2 Å². The van der Waals surface area contributed by atoms with Crippen LogP contribution in [-0.2, 0) is 53.1 Å². The first-order valence-electron chi connectivity index (χ1n) is 18.9. The molecular formula is C43H62N6O6. The van der Waals surface area contributed by atoms with Gasteiger partial charge in [0, 0.05) is 81.5 Å². The van der Waals surface area contributed by atoms with Gasteiger partial charge in [-0.3, -0.25) is 9.59 Å². The molecule has 0 aliphatic carbocycles. The SMILES string of the molecule is CC.COc1cc(-c2cn(C)c(=O)c3c2CCN(C)C3)cc(OC)c1CN(C)C.COc1cc(-c2cn(C)c(=O)c3c2CCNC3)cc(OC)c1CN(C)C. The molecule has 0 unspecified atom stereocenters. The van der Waals surface area contributed by atoms with Gasteiger partial charge in [-0.05, 0) is 101 Å². The molecule has 12 heteroatoms. The number of likely N-dealkylation sites (N-methyl/N-ethyl adjacent to an activating group) is 1.